The molecule has 0 radical (unpaired) electrons. The molecule has 9 heteroatoms. The van der Waals surface area contributed by atoms with Crippen LogP contribution in [0.5, 0.6) is 0 Å². The number of carbonyl (C=O) groups excluding carboxylic acids is 2. The number of halogens is 1. The highest BCUT2D eigenvalue weighted by Crippen LogP contribution is 2.33. The number of imidazole rings is 1. The minimum atomic E-state index is -0.451. The molecule has 3 aromatic rings. The van der Waals surface area contributed by atoms with Crippen LogP contribution in [0.1, 0.15) is 61.5 Å². The van der Waals surface area contributed by atoms with Crippen molar-refractivity contribution in [3.8, 4) is 0 Å². The maximum absolute atomic E-state index is 13.4. The summed E-state index contributed by atoms with van der Waals surface area (Å²) in [6.45, 7) is 5.39. The smallest absolute Gasteiger partial charge is 0.280 e. The second-order valence-corrected chi connectivity index (χ2v) is 9.81. The van der Waals surface area contributed by atoms with E-state index in [0.29, 0.717) is 31.0 Å². The monoisotopic (exact) mass is 510 g/mol. The minimum absolute atomic E-state index is 0.0181. The van der Waals surface area contributed by atoms with Crippen LogP contribution in [-0.4, -0.2) is 47.7 Å². The van der Waals surface area contributed by atoms with Crippen LogP contribution in [0.25, 0.3) is 11.0 Å². The molecule has 2 aromatic carbocycles. The highest BCUT2D eigenvalue weighted by molar-refractivity contribution is 5.94. The summed E-state index contributed by atoms with van der Waals surface area (Å²) in [7, 11) is 1.64. The number of hydrogen-bond donors (Lipinski definition) is 2. The second kappa shape index (κ2) is 12.3. The number of carbonyl (C=O) groups is 2. The van der Waals surface area contributed by atoms with E-state index < -0.39 is 11.7 Å². The minimum Gasteiger partial charge on any atom is -0.382 e. The average Bonchev–Trinajstić information content (AvgIpc) is 3.23. The van der Waals surface area contributed by atoms with Crippen LogP contribution in [-0.2, 0) is 20.9 Å². The number of aromatic nitrogens is 2. The van der Waals surface area contributed by atoms with Gasteiger partial charge in [0.25, 0.3) is 5.91 Å². The molecule has 198 valence electrons. The van der Waals surface area contributed by atoms with Crippen LogP contribution < -0.4 is 10.9 Å². The molecule has 2 amide bonds. The predicted molar refractivity (Wildman–Crippen MR) is 138 cm³/mol. The molecule has 37 heavy (non-hydrogen) atoms. The average molecular weight is 511 g/mol. The van der Waals surface area contributed by atoms with E-state index in [1.807, 2.05) is 26.0 Å². The molecule has 1 saturated carbocycles. The van der Waals surface area contributed by atoms with Crippen LogP contribution in [0.3, 0.4) is 0 Å². The van der Waals surface area contributed by atoms with Crippen LogP contribution in [0.15, 0.2) is 47.5 Å². The normalized spacial score (nSPS) is 18.5. The number of H-pyrrole nitrogens is 1. The van der Waals surface area contributed by atoms with Gasteiger partial charge in [-0.15, -0.1) is 0 Å². The van der Waals surface area contributed by atoms with Gasteiger partial charge in [-0.3, -0.25) is 9.59 Å². The van der Waals surface area contributed by atoms with Gasteiger partial charge < -0.3 is 24.3 Å². The molecular weight excluding hydrogens is 475 g/mol. The zero-order valence-corrected chi connectivity index (χ0v) is 21.6. The van der Waals surface area contributed by atoms with Gasteiger partial charge in [0.1, 0.15) is 5.82 Å². The summed E-state index contributed by atoms with van der Waals surface area (Å²) < 4.78 is 26.2. The Kier molecular flexibility index (Phi) is 8.89. The largest absolute Gasteiger partial charge is 0.382 e. The van der Waals surface area contributed by atoms with E-state index in [0.717, 1.165) is 42.3 Å². The van der Waals surface area contributed by atoms with Gasteiger partial charge >= 0.3 is 0 Å². The first-order chi connectivity index (χ1) is 17.9. The summed E-state index contributed by atoms with van der Waals surface area (Å²) in [6.07, 6.45) is 3.09. The maximum atomic E-state index is 13.4. The highest BCUT2D eigenvalue weighted by atomic mass is 19.1. The van der Waals surface area contributed by atoms with Crippen molar-refractivity contribution in [3.05, 3.63) is 65.0 Å². The lowest BCUT2D eigenvalue weighted by atomic mass is 9.85. The van der Waals surface area contributed by atoms with Crippen molar-refractivity contribution < 1.29 is 23.5 Å². The first-order valence-corrected chi connectivity index (χ1v) is 12.8. The van der Waals surface area contributed by atoms with Crippen molar-refractivity contribution in [2.45, 2.75) is 58.2 Å². The molecule has 0 aliphatic heterocycles. The van der Waals surface area contributed by atoms with Crippen molar-refractivity contribution in [2.75, 3.05) is 20.3 Å². The maximum Gasteiger partial charge on any atom is 0.280 e. The van der Waals surface area contributed by atoms with Gasteiger partial charge in [0.15, 0.2) is 0 Å². The third-order valence-electron chi connectivity index (χ3n) is 6.66. The lowest BCUT2D eigenvalue weighted by Crippen LogP contribution is -2.38. The second-order valence-electron chi connectivity index (χ2n) is 9.81. The Bertz CT molecular complexity index is 1290. The molecule has 2 N–H and O–H groups in total. The van der Waals surface area contributed by atoms with Crippen LogP contribution in [0.2, 0.25) is 0 Å². The van der Waals surface area contributed by atoms with E-state index in [2.05, 4.69) is 25.9 Å². The molecule has 1 fully saturated rings. The third-order valence-corrected chi connectivity index (χ3v) is 6.66. The van der Waals surface area contributed by atoms with Crippen LogP contribution >= 0.6 is 0 Å². The number of ether oxygens (including phenoxy) is 2. The molecule has 1 aromatic heterocycles. The van der Waals surface area contributed by atoms with E-state index in [1.54, 1.807) is 7.11 Å². The van der Waals surface area contributed by atoms with Gasteiger partial charge in [-0.05, 0) is 81.5 Å². The zero-order chi connectivity index (χ0) is 26.4. The molecule has 0 bridgehead atoms. The molecule has 0 spiro atoms. The van der Waals surface area contributed by atoms with Gasteiger partial charge in [0.2, 0.25) is 11.5 Å². The summed E-state index contributed by atoms with van der Waals surface area (Å²) in [4.78, 5) is 33.2. The summed E-state index contributed by atoms with van der Waals surface area (Å²) in [6, 6.07) is 11.5. The van der Waals surface area contributed by atoms with E-state index in [1.165, 1.54) is 24.3 Å². The topological polar surface area (TPSA) is 97.7 Å². The van der Waals surface area contributed by atoms with Gasteiger partial charge in [-0.25, -0.2) is 4.39 Å². The van der Waals surface area contributed by atoms with Gasteiger partial charge in [0, 0.05) is 30.7 Å². The molecule has 4 rings (SSSR count). The number of methoxy groups -OCH3 is 1. The number of amides is 2. The fourth-order valence-corrected chi connectivity index (χ4v) is 4.80. The Balaban J connectivity index is 1.66. The van der Waals surface area contributed by atoms with Crippen molar-refractivity contribution in [1.29, 1.82) is 0 Å². The van der Waals surface area contributed by atoms with Crippen molar-refractivity contribution >= 4 is 22.8 Å². The highest BCUT2D eigenvalue weighted by Gasteiger charge is 2.29. The molecule has 0 atom stereocenters. The molecule has 8 nitrogen and oxygen atoms in total. The number of fused-ring (bicyclic) bond motifs is 1. The van der Waals surface area contributed by atoms with Crippen molar-refractivity contribution in [1.82, 2.24) is 14.9 Å². The summed E-state index contributed by atoms with van der Waals surface area (Å²) in [5.74, 6) is -0.774. The predicted octanol–water partition coefficient (Wildman–Crippen LogP) is 4.27. The van der Waals surface area contributed by atoms with Crippen molar-refractivity contribution in [2.24, 2.45) is 10.9 Å². The number of benzene rings is 2. The Morgan fingerprint density at radius 3 is 2.51 bits per heavy atom. The molecule has 0 unspecified atom stereocenters. The Morgan fingerprint density at radius 1 is 1.11 bits per heavy atom. The summed E-state index contributed by atoms with van der Waals surface area (Å²) in [5, 5.41) is 3.02. The number of aromatic amines is 1. The molecule has 1 aliphatic carbocycles. The van der Waals surface area contributed by atoms with E-state index >= 15 is 0 Å². The van der Waals surface area contributed by atoms with E-state index in [4.69, 9.17) is 9.47 Å². The SMILES string of the molecule is COCCOCc1ccc2[nH]/c(=N/C(=O)c3ccc(F)cc3)n(C3CCC(C(=O)NC(C)C)CC3)c2c1. The van der Waals surface area contributed by atoms with Crippen molar-refractivity contribution in [3.63, 3.8) is 0 Å². The van der Waals surface area contributed by atoms with E-state index in [-0.39, 0.29) is 23.9 Å². The Hall–Kier alpha value is -3.30. The molecule has 1 aliphatic rings. The fraction of sp³-hybridized carbons (Fsp3) is 0.464. The van der Waals surface area contributed by atoms with Crippen LogP contribution in [0, 0.1) is 11.7 Å². The standard InChI is InChI=1S/C28H35FN4O4/c1-18(2)30-26(34)21-7-11-23(12-8-21)33-25-16-19(17-37-15-14-36-3)4-13-24(25)31-28(33)32-27(35)20-5-9-22(29)10-6-20/h4-6,9-10,13,16,18,21,23H,7-8,11-12,14-15,17H2,1-3H3,(H,30,34)(H,31,32,35). The molecule has 1 heterocycles. The Labute approximate surface area is 215 Å². The van der Waals surface area contributed by atoms with Gasteiger partial charge in [-0.2, -0.15) is 4.99 Å². The molecular formula is C28H35FN4O4. The lowest BCUT2D eigenvalue weighted by Gasteiger charge is -2.29. The summed E-state index contributed by atoms with van der Waals surface area (Å²) in [5.41, 5.74) is 3.53. The first-order valence-electron chi connectivity index (χ1n) is 12.8. The van der Waals surface area contributed by atoms with Crippen LogP contribution in [0.4, 0.5) is 4.39 Å². The molecule has 0 saturated heterocycles. The van der Waals surface area contributed by atoms with Gasteiger partial charge in [0.05, 0.1) is 30.9 Å². The third kappa shape index (κ3) is 6.72. The number of nitrogens with one attached hydrogen (secondary N) is 2. The lowest BCUT2D eigenvalue weighted by molar-refractivity contribution is -0.126. The summed E-state index contributed by atoms with van der Waals surface area (Å²) >= 11 is 0. The number of nitrogens with zero attached hydrogens (tertiary/aromatic N) is 2. The first kappa shape index (κ1) is 26.8. The zero-order valence-electron chi connectivity index (χ0n) is 21.6. The van der Waals surface area contributed by atoms with Gasteiger partial charge in [-0.1, -0.05) is 6.07 Å². The number of hydrogen-bond acceptors (Lipinski definition) is 4. The Morgan fingerprint density at radius 2 is 1.84 bits per heavy atom. The quantitative estimate of drug-likeness (QED) is 0.420. The van der Waals surface area contributed by atoms with E-state index in [9.17, 15) is 14.0 Å². The fourth-order valence-electron chi connectivity index (χ4n) is 4.80. The number of rotatable bonds is 9.